The molecule has 0 saturated carbocycles. The predicted molar refractivity (Wildman–Crippen MR) is 162 cm³/mol. The molecule has 13 heteroatoms. The third kappa shape index (κ3) is 8.64. The summed E-state index contributed by atoms with van der Waals surface area (Å²) in [5, 5.41) is 2.56. The molecular weight excluding hydrogens is 626 g/mol. The average molecular weight is 659 g/mol. The molecule has 2 atom stereocenters. The molecule has 43 heavy (non-hydrogen) atoms. The Balaban J connectivity index is 2.12. The Morgan fingerprint density at radius 1 is 0.977 bits per heavy atom. The number of benzene rings is 3. The Labute approximate surface area is 259 Å². The summed E-state index contributed by atoms with van der Waals surface area (Å²) < 4.78 is 69.7. The van der Waals surface area contributed by atoms with Crippen LogP contribution in [0.4, 0.5) is 18.9 Å². The number of hydrogen-bond donors (Lipinski definition) is 1. The van der Waals surface area contributed by atoms with E-state index < -0.39 is 56.9 Å². The van der Waals surface area contributed by atoms with E-state index in [4.69, 9.17) is 23.2 Å². The van der Waals surface area contributed by atoms with Crippen molar-refractivity contribution in [3.63, 3.8) is 0 Å². The molecule has 0 bridgehead atoms. The number of carbonyl (C=O) groups excluding carboxylic acids is 2. The molecule has 1 N–H and O–H groups in total. The molecule has 0 radical (unpaired) electrons. The lowest BCUT2D eigenvalue weighted by Gasteiger charge is -2.32. The molecule has 0 fully saturated rings. The van der Waals surface area contributed by atoms with Crippen LogP contribution in [0.2, 0.25) is 10.0 Å². The van der Waals surface area contributed by atoms with Crippen LogP contribution in [-0.2, 0) is 32.3 Å². The lowest BCUT2D eigenvalue weighted by atomic mass is 10.1. The van der Waals surface area contributed by atoms with Gasteiger partial charge in [0.05, 0.1) is 21.2 Å². The summed E-state index contributed by atoms with van der Waals surface area (Å²) in [6.45, 7) is 5.87. The number of halogens is 5. The van der Waals surface area contributed by atoms with Crippen LogP contribution < -0.4 is 9.62 Å². The lowest BCUT2D eigenvalue weighted by molar-refractivity contribution is -0.139. The van der Waals surface area contributed by atoms with E-state index in [0.717, 1.165) is 17.7 Å². The molecule has 0 saturated heterocycles. The summed E-state index contributed by atoms with van der Waals surface area (Å²) in [7, 11) is -4.57. The maximum Gasteiger partial charge on any atom is 0.417 e. The summed E-state index contributed by atoms with van der Waals surface area (Å²) >= 11 is 11.9. The minimum Gasteiger partial charge on any atom is -0.352 e. The van der Waals surface area contributed by atoms with Gasteiger partial charge in [0.1, 0.15) is 12.6 Å². The first-order chi connectivity index (χ1) is 20.0. The monoisotopic (exact) mass is 657 g/mol. The van der Waals surface area contributed by atoms with E-state index in [1.54, 1.807) is 38.1 Å². The van der Waals surface area contributed by atoms with Crippen molar-refractivity contribution in [2.45, 2.75) is 63.8 Å². The fourth-order valence-electron chi connectivity index (χ4n) is 4.13. The normalized spacial score (nSPS) is 13.2. The van der Waals surface area contributed by atoms with Crippen molar-refractivity contribution in [1.82, 2.24) is 10.2 Å². The van der Waals surface area contributed by atoms with Crippen LogP contribution in [0.25, 0.3) is 0 Å². The molecular formula is C30H32Cl2F3N3O4S. The number of amides is 2. The molecule has 0 unspecified atom stereocenters. The highest BCUT2D eigenvalue weighted by atomic mass is 35.5. The number of sulfonamides is 1. The van der Waals surface area contributed by atoms with Crippen molar-refractivity contribution >= 4 is 50.7 Å². The van der Waals surface area contributed by atoms with Gasteiger partial charge < -0.3 is 10.2 Å². The van der Waals surface area contributed by atoms with Crippen LogP contribution in [0.15, 0.2) is 71.6 Å². The van der Waals surface area contributed by atoms with Crippen molar-refractivity contribution in [1.29, 1.82) is 0 Å². The quantitative estimate of drug-likeness (QED) is 0.244. The highest BCUT2D eigenvalue weighted by Crippen LogP contribution is 2.38. The lowest BCUT2D eigenvalue weighted by Crippen LogP contribution is -2.52. The largest absolute Gasteiger partial charge is 0.417 e. The Kier molecular flexibility index (Phi) is 11.1. The summed E-state index contributed by atoms with van der Waals surface area (Å²) in [6.07, 6.45) is -4.26. The topological polar surface area (TPSA) is 86.8 Å². The molecule has 3 aromatic carbocycles. The van der Waals surface area contributed by atoms with Crippen molar-refractivity contribution in [3.05, 3.63) is 93.5 Å². The van der Waals surface area contributed by atoms with Gasteiger partial charge in [0.2, 0.25) is 11.8 Å². The number of aryl methyl sites for hydroxylation is 1. The van der Waals surface area contributed by atoms with Gasteiger partial charge in [-0.25, -0.2) is 8.42 Å². The highest BCUT2D eigenvalue weighted by molar-refractivity contribution is 7.92. The van der Waals surface area contributed by atoms with Gasteiger partial charge in [0.15, 0.2) is 0 Å². The van der Waals surface area contributed by atoms with Gasteiger partial charge >= 0.3 is 6.18 Å². The van der Waals surface area contributed by atoms with Gasteiger partial charge in [-0.15, -0.1) is 0 Å². The summed E-state index contributed by atoms with van der Waals surface area (Å²) in [5.74, 6) is -1.31. The third-order valence-corrected chi connectivity index (χ3v) is 9.19. The second kappa shape index (κ2) is 14.0. The number of alkyl halides is 3. The summed E-state index contributed by atoms with van der Waals surface area (Å²) in [4.78, 5) is 28.0. The summed E-state index contributed by atoms with van der Waals surface area (Å²) in [6, 6.07) is 13.6. The molecule has 0 heterocycles. The van der Waals surface area contributed by atoms with Crippen LogP contribution in [0.1, 0.15) is 43.9 Å². The average Bonchev–Trinajstić information content (AvgIpc) is 2.94. The van der Waals surface area contributed by atoms with Gasteiger partial charge in [-0.05, 0) is 75.2 Å². The van der Waals surface area contributed by atoms with Crippen LogP contribution in [-0.4, -0.2) is 43.8 Å². The molecule has 0 spiro atoms. The van der Waals surface area contributed by atoms with E-state index in [9.17, 15) is 31.2 Å². The Morgan fingerprint density at radius 2 is 1.63 bits per heavy atom. The zero-order valence-corrected chi connectivity index (χ0v) is 26.3. The van der Waals surface area contributed by atoms with Crippen LogP contribution in [0.5, 0.6) is 0 Å². The fraction of sp³-hybridized carbons (Fsp3) is 0.333. The third-order valence-electron chi connectivity index (χ3n) is 6.84. The van der Waals surface area contributed by atoms with Crippen molar-refractivity contribution in [2.75, 3.05) is 10.8 Å². The fourth-order valence-corrected chi connectivity index (χ4v) is 5.98. The molecule has 0 aromatic heterocycles. The number of rotatable bonds is 11. The molecule has 0 aliphatic heterocycles. The molecule has 3 aromatic rings. The number of carbonyl (C=O) groups is 2. The summed E-state index contributed by atoms with van der Waals surface area (Å²) in [5.41, 5.74) is -0.380. The van der Waals surface area contributed by atoms with E-state index in [-0.39, 0.29) is 17.5 Å². The zero-order chi connectivity index (χ0) is 32.1. The number of anilines is 1. The van der Waals surface area contributed by atoms with E-state index >= 15 is 0 Å². The van der Waals surface area contributed by atoms with Gasteiger partial charge in [0, 0.05) is 17.6 Å². The second-order valence-corrected chi connectivity index (χ2v) is 12.8. The first-order valence-electron chi connectivity index (χ1n) is 13.3. The molecule has 3 rings (SSSR count). The SMILES string of the molecule is CC[C@H](C)NC(=O)[C@@H](C)N(Cc1cccc(Cl)c1)C(=O)CN(c1ccc(Cl)c(C(F)(F)F)c1)S(=O)(=O)c1ccc(C)cc1. The smallest absolute Gasteiger partial charge is 0.352 e. The predicted octanol–water partition coefficient (Wildman–Crippen LogP) is 6.85. The Morgan fingerprint density at radius 3 is 2.21 bits per heavy atom. The van der Waals surface area contributed by atoms with Crippen molar-refractivity contribution in [3.8, 4) is 0 Å². The van der Waals surface area contributed by atoms with E-state index in [0.29, 0.717) is 27.4 Å². The molecule has 0 aliphatic carbocycles. The minimum atomic E-state index is -4.89. The van der Waals surface area contributed by atoms with E-state index in [1.807, 2.05) is 6.92 Å². The van der Waals surface area contributed by atoms with Crippen molar-refractivity contribution < 1.29 is 31.2 Å². The number of nitrogens with zero attached hydrogens (tertiary/aromatic N) is 2. The first kappa shape index (κ1) is 34.2. The minimum absolute atomic E-state index is 0.124. The van der Waals surface area contributed by atoms with Gasteiger partial charge in [-0.3, -0.25) is 13.9 Å². The van der Waals surface area contributed by atoms with Crippen LogP contribution in [0, 0.1) is 6.92 Å². The molecule has 7 nitrogen and oxygen atoms in total. The van der Waals surface area contributed by atoms with Crippen LogP contribution in [0.3, 0.4) is 0 Å². The first-order valence-corrected chi connectivity index (χ1v) is 15.5. The number of nitrogens with one attached hydrogen (secondary N) is 1. The maximum absolute atomic E-state index is 14.0. The molecule has 0 aliphatic rings. The van der Waals surface area contributed by atoms with E-state index in [2.05, 4.69) is 5.32 Å². The van der Waals surface area contributed by atoms with Crippen LogP contribution >= 0.6 is 23.2 Å². The van der Waals surface area contributed by atoms with Crippen molar-refractivity contribution in [2.24, 2.45) is 0 Å². The maximum atomic E-state index is 14.0. The van der Waals surface area contributed by atoms with Gasteiger partial charge in [-0.1, -0.05) is 60.0 Å². The molecule has 2 amide bonds. The highest BCUT2D eigenvalue weighted by Gasteiger charge is 2.37. The van der Waals surface area contributed by atoms with Gasteiger partial charge in [-0.2, -0.15) is 13.2 Å². The number of hydrogen-bond acceptors (Lipinski definition) is 4. The Hall–Kier alpha value is -3.28. The van der Waals surface area contributed by atoms with Gasteiger partial charge in [0.25, 0.3) is 10.0 Å². The second-order valence-electron chi connectivity index (χ2n) is 10.1. The van der Waals surface area contributed by atoms with E-state index in [1.165, 1.54) is 36.1 Å². The standard InChI is InChI=1S/C30H32Cl2F3N3O4S/c1-5-20(3)36-29(40)21(4)37(17-22-7-6-8-23(31)15-22)28(39)18-38(43(41,42)25-12-9-19(2)10-13-25)24-11-14-27(32)26(16-24)30(33,34)35/h6-16,20-21H,5,17-18H2,1-4H3,(H,36,40)/t20-,21+/m0/s1. The Bertz CT molecular complexity index is 1570. The molecule has 232 valence electrons. The zero-order valence-electron chi connectivity index (χ0n) is 24.0.